The lowest BCUT2D eigenvalue weighted by Gasteiger charge is -1.61. The number of halogens is 1. The van der Waals surface area contributed by atoms with Crippen molar-refractivity contribution < 1.29 is 14.4 Å². The molecule has 0 fully saturated rings. The standard InChI is InChI=1S/2C3H3NS.ClH.H3O3P/c2*1-2-5-3-4-1;;1-4(2)3/h2*1-3H;1H;4H,(H2,1,2,3). The third kappa shape index (κ3) is 19.9. The van der Waals surface area contributed by atoms with E-state index in [1.807, 2.05) is 10.8 Å². The average molecular weight is 289 g/mol. The van der Waals surface area contributed by atoms with Crippen molar-refractivity contribution in [3.05, 3.63) is 34.2 Å². The Balaban J connectivity index is 0. The van der Waals surface area contributed by atoms with Gasteiger partial charge in [-0.15, -0.1) is 35.1 Å². The summed E-state index contributed by atoms with van der Waals surface area (Å²) in [5, 5.41) is 3.86. The van der Waals surface area contributed by atoms with Crippen molar-refractivity contribution in [1.82, 2.24) is 9.97 Å². The molecule has 2 heterocycles. The largest absolute Gasteiger partial charge is 0.326 e. The van der Waals surface area contributed by atoms with E-state index in [4.69, 9.17) is 14.4 Å². The summed E-state index contributed by atoms with van der Waals surface area (Å²) in [5.41, 5.74) is 3.58. The predicted molar refractivity (Wildman–Crippen MR) is 64.9 cm³/mol. The smallest absolute Gasteiger partial charge is 0.314 e. The van der Waals surface area contributed by atoms with Crippen molar-refractivity contribution in [2.45, 2.75) is 0 Å². The molecule has 5 nitrogen and oxygen atoms in total. The highest BCUT2D eigenvalue weighted by molar-refractivity contribution is 7.30. The second-order valence-corrected chi connectivity index (χ2v) is 3.71. The van der Waals surface area contributed by atoms with Gasteiger partial charge in [0.25, 0.3) is 0 Å². The van der Waals surface area contributed by atoms with Crippen molar-refractivity contribution in [2.75, 3.05) is 0 Å². The van der Waals surface area contributed by atoms with Gasteiger partial charge in [0.2, 0.25) is 0 Å². The van der Waals surface area contributed by atoms with Gasteiger partial charge in [-0.25, -0.2) is 0 Å². The van der Waals surface area contributed by atoms with Crippen LogP contribution < -0.4 is 0 Å². The second-order valence-electron chi connectivity index (χ2n) is 1.63. The van der Waals surface area contributed by atoms with Gasteiger partial charge in [0.15, 0.2) is 0 Å². The van der Waals surface area contributed by atoms with Crippen molar-refractivity contribution in [3.8, 4) is 0 Å². The minimum absolute atomic E-state index is 0. The molecule has 86 valence electrons. The first-order valence-electron chi connectivity index (χ1n) is 3.29. The number of hydrogen-bond acceptors (Lipinski definition) is 5. The molecule has 0 aromatic carbocycles. The zero-order valence-electron chi connectivity index (χ0n) is 7.39. The molecule has 0 unspecified atom stereocenters. The average Bonchev–Trinajstić information content (AvgIpc) is 2.83. The Labute approximate surface area is 102 Å². The molecule has 0 aliphatic rings. The van der Waals surface area contributed by atoms with Crippen LogP contribution in [0.1, 0.15) is 0 Å². The third-order valence-electron chi connectivity index (χ3n) is 0.694. The Kier molecular flexibility index (Phi) is 15.6. The summed E-state index contributed by atoms with van der Waals surface area (Å²) in [4.78, 5) is 21.8. The van der Waals surface area contributed by atoms with Crippen LogP contribution in [0.4, 0.5) is 0 Å². The predicted octanol–water partition coefficient (Wildman–Crippen LogP) is 2.07. The van der Waals surface area contributed by atoms with E-state index in [1.165, 1.54) is 0 Å². The summed E-state index contributed by atoms with van der Waals surface area (Å²) in [6.45, 7) is 0. The first-order valence-corrected chi connectivity index (χ1v) is 6.48. The fourth-order valence-corrected chi connectivity index (χ4v) is 1.05. The Morgan fingerprint density at radius 1 is 1.00 bits per heavy atom. The van der Waals surface area contributed by atoms with Crippen LogP contribution in [0.15, 0.2) is 34.2 Å². The van der Waals surface area contributed by atoms with E-state index in [-0.39, 0.29) is 12.4 Å². The lowest BCUT2D eigenvalue weighted by molar-refractivity contribution is 0.405. The Morgan fingerprint density at radius 2 is 1.33 bits per heavy atom. The molecule has 0 amide bonds. The number of rotatable bonds is 0. The molecule has 15 heavy (non-hydrogen) atoms. The molecule has 0 atom stereocenters. The first-order chi connectivity index (χ1) is 6.73. The molecule has 0 saturated carbocycles. The number of aromatic nitrogens is 2. The third-order valence-corrected chi connectivity index (χ3v) is 1.74. The van der Waals surface area contributed by atoms with Crippen LogP contribution in [0, 0.1) is 0 Å². The van der Waals surface area contributed by atoms with E-state index >= 15 is 0 Å². The molecule has 0 saturated heterocycles. The van der Waals surface area contributed by atoms with E-state index in [9.17, 15) is 0 Å². The van der Waals surface area contributed by atoms with Crippen molar-refractivity contribution >= 4 is 43.3 Å². The van der Waals surface area contributed by atoms with Gasteiger partial charge in [0.1, 0.15) is 0 Å². The van der Waals surface area contributed by atoms with Crippen LogP contribution in [-0.2, 0) is 4.57 Å². The zero-order valence-corrected chi connectivity index (χ0v) is 10.8. The van der Waals surface area contributed by atoms with Gasteiger partial charge in [0, 0.05) is 23.2 Å². The van der Waals surface area contributed by atoms with Crippen molar-refractivity contribution in [2.24, 2.45) is 0 Å². The normalized spacial score (nSPS) is 7.67. The van der Waals surface area contributed by atoms with Crippen LogP contribution in [0.3, 0.4) is 0 Å². The molecule has 0 aliphatic carbocycles. The highest BCUT2D eigenvalue weighted by Gasteiger charge is 1.61. The van der Waals surface area contributed by atoms with E-state index in [1.54, 1.807) is 46.1 Å². The minimum atomic E-state index is -3.13. The molecule has 2 N–H and O–H groups in total. The summed E-state index contributed by atoms with van der Waals surface area (Å²) in [7, 11) is -3.13. The first kappa shape index (κ1) is 17.1. The minimum Gasteiger partial charge on any atom is -0.326 e. The zero-order chi connectivity index (χ0) is 10.6. The Morgan fingerprint density at radius 3 is 1.40 bits per heavy atom. The summed E-state index contributed by atoms with van der Waals surface area (Å²) in [6, 6.07) is 0. The highest BCUT2D eigenvalue weighted by atomic mass is 35.5. The molecular formula is C6H10ClN2O3PS2. The fourth-order valence-electron chi connectivity index (χ4n) is 0.351. The number of hydrogen-bond donors (Lipinski definition) is 2. The molecule has 2 rings (SSSR count). The fraction of sp³-hybridized carbons (Fsp3) is 0. The molecular weight excluding hydrogens is 279 g/mol. The van der Waals surface area contributed by atoms with Crippen LogP contribution in [-0.4, -0.2) is 19.8 Å². The topological polar surface area (TPSA) is 83.3 Å². The maximum absolute atomic E-state index is 8.74. The monoisotopic (exact) mass is 288 g/mol. The SMILES string of the molecule is Cl.O=[PH](O)O.c1cscn1.c1cscn1. The van der Waals surface area contributed by atoms with Gasteiger partial charge in [-0.2, -0.15) is 0 Å². The maximum atomic E-state index is 8.74. The van der Waals surface area contributed by atoms with E-state index < -0.39 is 8.25 Å². The van der Waals surface area contributed by atoms with Gasteiger partial charge in [0.05, 0.1) is 11.0 Å². The van der Waals surface area contributed by atoms with Gasteiger partial charge >= 0.3 is 8.25 Å². The number of nitrogens with zero attached hydrogens (tertiary/aromatic N) is 2. The summed E-state index contributed by atoms with van der Waals surface area (Å²) >= 11 is 3.20. The molecule has 2 aromatic rings. The molecule has 2 aromatic heterocycles. The summed E-state index contributed by atoms with van der Waals surface area (Å²) in [5.74, 6) is 0. The van der Waals surface area contributed by atoms with Crippen molar-refractivity contribution in [1.29, 1.82) is 0 Å². The van der Waals surface area contributed by atoms with Crippen LogP contribution in [0.2, 0.25) is 0 Å². The van der Waals surface area contributed by atoms with E-state index in [0.717, 1.165) is 0 Å². The van der Waals surface area contributed by atoms with Crippen LogP contribution in [0.5, 0.6) is 0 Å². The molecule has 9 heteroatoms. The van der Waals surface area contributed by atoms with Crippen LogP contribution in [0.25, 0.3) is 0 Å². The van der Waals surface area contributed by atoms with Gasteiger partial charge < -0.3 is 9.79 Å². The molecule has 0 bridgehead atoms. The Hall–Kier alpha value is -0.300. The van der Waals surface area contributed by atoms with Gasteiger partial charge in [-0.3, -0.25) is 14.5 Å². The number of thiazole rings is 2. The molecule has 0 spiro atoms. The quantitative estimate of drug-likeness (QED) is 0.725. The van der Waals surface area contributed by atoms with Gasteiger partial charge in [-0.05, 0) is 0 Å². The highest BCUT2D eigenvalue weighted by Crippen LogP contribution is 1.98. The maximum Gasteiger partial charge on any atom is 0.314 e. The molecule has 0 aliphatic heterocycles. The van der Waals surface area contributed by atoms with Crippen molar-refractivity contribution in [3.63, 3.8) is 0 Å². The lowest BCUT2D eigenvalue weighted by atomic mass is 11.0. The molecule has 0 radical (unpaired) electrons. The summed E-state index contributed by atoms with van der Waals surface area (Å²) in [6.07, 6.45) is 3.54. The lowest BCUT2D eigenvalue weighted by Crippen LogP contribution is -1.38. The Bertz CT molecular complexity index is 241. The van der Waals surface area contributed by atoms with Crippen LogP contribution >= 0.6 is 43.3 Å². The second kappa shape index (κ2) is 13.7. The van der Waals surface area contributed by atoms with E-state index in [2.05, 4.69) is 9.97 Å². The van der Waals surface area contributed by atoms with Gasteiger partial charge in [-0.1, -0.05) is 0 Å². The summed E-state index contributed by atoms with van der Waals surface area (Å²) < 4.78 is 8.74. The van der Waals surface area contributed by atoms with E-state index in [0.29, 0.717) is 0 Å².